The second-order valence-electron chi connectivity index (χ2n) is 6.04. The highest BCUT2D eigenvalue weighted by atomic mass is 16.7. The first-order chi connectivity index (χ1) is 12.5. The summed E-state index contributed by atoms with van der Waals surface area (Å²) in [5, 5.41) is 23.4. The van der Waals surface area contributed by atoms with E-state index < -0.39 is 11.7 Å². The molecule has 8 heteroatoms. The van der Waals surface area contributed by atoms with Crippen molar-refractivity contribution in [1.29, 1.82) is 5.26 Å². The van der Waals surface area contributed by atoms with Gasteiger partial charge >= 0.3 is 0 Å². The summed E-state index contributed by atoms with van der Waals surface area (Å²) >= 11 is 0. The zero-order valence-corrected chi connectivity index (χ0v) is 14.6. The van der Waals surface area contributed by atoms with Gasteiger partial charge in [0.05, 0.1) is 31.6 Å². The molecule has 3 rings (SSSR count). The van der Waals surface area contributed by atoms with Gasteiger partial charge in [-0.2, -0.15) is 10.4 Å². The number of fused-ring (bicyclic) bond motifs is 1. The van der Waals surface area contributed by atoms with Gasteiger partial charge in [-0.3, -0.25) is 4.79 Å². The molecule has 0 amide bonds. The second-order valence-corrected chi connectivity index (χ2v) is 6.04. The van der Waals surface area contributed by atoms with Crippen molar-refractivity contribution >= 4 is 0 Å². The third-order valence-electron chi connectivity index (χ3n) is 4.15. The number of nitriles is 1. The molecular weight excluding hydrogens is 338 g/mol. The van der Waals surface area contributed by atoms with Crippen LogP contribution in [0.4, 0.5) is 0 Å². The number of benzene rings is 1. The number of ether oxygens (including phenoxy) is 3. The molecule has 8 nitrogen and oxygen atoms in total. The third kappa shape index (κ3) is 3.69. The normalized spacial score (nSPS) is 13.5. The first-order valence-corrected chi connectivity index (χ1v) is 8.12. The van der Waals surface area contributed by atoms with Crippen LogP contribution < -0.4 is 15.0 Å². The third-order valence-corrected chi connectivity index (χ3v) is 4.15. The van der Waals surface area contributed by atoms with E-state index in [2.05, 4.69) is 5.10 Å². The van der Waals surface area contributed by atoms with Crippen LogP contribution in [-0.4, -0.2) is 34.4 Å². The molecule has 1 aromatic carbocycles. The summed E-state index contributed by atoms with van der Waals surface area (Å²) in [6, 6.07) is 7.38. The second kappa shape index (κ2) is 7.56. The highest BCUT2D eigenvalue weighted by Gasteiger charge is 2.16. The molecule has 2 aromatic rings. The standard InChI is InChI=1S/C18H19N3O5/c1-11-12(2)20-21(18(23)15(11)6-19)7-14(22)9-24-8-13-3-4-16-17(5-13)26-10-25-16/h3-5,14,22H,7-10H2,1-2H3/t14-/m0/s1. The van der Waals surface area contributed by atoms with Crippen LogP contribution in [0.25, 0.3) is 0 Å². The van der Waals surface area contributed by atoms with Gasteiger partial charge in [0, 0.05) is 0 Å². The molecule has 1 atom stereocenters. The lowest BCUT2D eigenvalue weighted by Crippen LogP contribution is -2.33. The van der Waals surface area contributed by atoms with E-state index in [-0.39, 0.29) is 32.1 Å². The van der Waals surface area contributed by atoms with Crippen LogP contribution in [0.2, 0.25) is 0 Å². The molecule has 0 fully saturated rings. The van der Waals surface area contributed by atoms with Crippen molar-refractivity contribution in [3.05, 3.63) is 50.9 Å². The topological polar surface area (TPSA) is 107 Å². The van der Waals surface area contributed by atoms with Crippen LogP contribution in [0, 0.1) is 25.2 Å². The molecule has 0 saturated carbocycles. The molecule has 136 valence electrons. The Bertz CT molecular complexity index is 916. The van der Waals surface area contributed by atoms with Crippen LogP contribution >= 0.6 is 0 Å². The molecule has 0 unspecified atom stereocenters. The van der Waals surface area contributed by atoms with Crippen molar-refractivity contribution < 1.29 is 19.3 Å². The lowest BCUT2D eigenvalue weighted by Gasteiger charge is -2.14. The van der Waals surface area contributed by atoms with Crippen LogP contribution in [0.5, 0.6) is 11.5 Å². The predicted octanol–water partition coefficient (Wildman–Crippen LogP) is 1.04. The Labute approximate surface area is 150 Å². The van der Waals surface area contributed by atoms with Crippen molar-refractivity contribution in [2.45, 2.75) is 33.1 Å². The fraction of sp³-hybridized carbons (Fsp3) is 0.389. The van der Waals surface area contributed by atoms with Crippen molar-refractivity contribution in [1.82, 2.24) is 9.78 Å². The number of hydrogen-bond acceptors (Lipinski definition) is 7. The van der Waals surface area contributed by atoms with Crippen LogP contribution in [-0.2, 0) is 17.9 Å². The van der Waals surface area contributed by atoms with Gasteiger partial charge < -0.3 is 19.3 Å². The highest BCUT2D eigenvalue weighted by molar-refractivity contribution is 5.44. The van der Waals surface area contributed by atoms with Gasteiger partial charge in [-0.1, -0.05) is 6.07 Å². The number of aliphatic hydroxyl groups is 1. The van der Waals surface area contributed by atoms with Crippen LogP contribution in [0.1, 0.15) is 22.4 Å². The van der Waals surface area contributed by atoms with Gasteiger partial charge in [0.15, 0.2) is 11.5 Å². The van der Waals surface area contributed by atoms with Gasteiger partial charge in [-0.25, -0.2) is 4.68 Å². The predicted molar refractivity (Wildman–Crippen MR) is 90.9 cm³/mol. The van der Waals surface area contributed by atoms with Crippen molar-refractivity contribution in [3.63, 3.8) is 0 Å². The summed E-state index contributed by atoms with van der Waals surface area (Å²) in [6.07, 6.45) is -0.928. The lowest BCUT2D eigenvalue weighted by molar-refractivity contribution is 0.0179. The highest BCUT2D eigenvalue weighted by Crippen LogP contribution is 2.32. The zero-order valence-electron chi connectivity index (χ0n) is 14.6. The summed E-state index contributed by atoms with van der Waals surface area (Å²) < 4.78 is 17.2. The number of aromatic nitrogens is 2. The summed E-state index contributed by atoms with van der Waals surface area (Å²) in [7, 11) is 0. The maximum Gasteiger partial charge on any atom is 0.285 e. The summed E-state index contributed by atoms with van der Waals surface area (Å²) in [5.74, 6) is 1.36. The molecule has 1 aliphatic rings. The minimum atomic E-state index is -0.928. The lowest BCUT2D eigenvalue weighted by atomic mass is 10.1. The van der Waals surface area contributed by atoms with Crippen molar-refractivity contribution in [3.8, 4) is 17.6 Å². The van der Waals surface area contributed by atoms with E-state index in [1.165, 1.54) is 0 Å². The molecule has 0 aliphatic carbocycles. The van der Waals surface area contributed by atoms with E-state index in [1.54, 1.807) is 19.9 Å². The van der Waals surface area contributed by atoms with Gasteiger partial charge in [0.2, 0.25) is 6.79 Å². The Balaban J connectivity index is 1.58. The molecule has 0 spiro atoms. The molecular formula is C18H19N3O5. The van der Waals surface area contributed by atoms with E-state index in [4.69, 9.17) is 19.5 Å². The van der Waals surface area contributed by atoms with E-state index >= 15 is 0 Å². The molecule has 1 aromatic heterocycles. The van der Waals surface area contributed by atoms with E-state index in [9.17, 15) is 9.90 Å². The van der Waals surface area contributed by atoms with Gasteiger partial charge in [-0.15, -0.1) is 0 Å². The average molecular weight is 357 g/mol. The van der Waals surface area contributed by atoms with E-state index in [0.717, 1.165) is 10.2 Å². The average Bonchev–Trinajstić information content (AvgIpc) is 3.08. The smallest absolute Gasteiger partial charge is 0.285 e. The summed E-state index contributed by atoms with van der Waals surface area (Å²) in [4.78, 5) is 12.2. The Hall–Kier alpha value is -2.89. The van der Waals surface area contributed by atoms with Crippen LogP contribution in [0.15, 0.2) is 23.0 Å². The Morgan fingerprint density at radius 3 is 2.92 bits per heavy atom. The zero-order chi connectivity index (χ0) is 18.7. The van der Waals surface area contributed by atoms with Crippen LogP contribution in [0.3, 0.4) is 0 Å². The number of aliphatic hydroxyl groups excluding tert-OH is 1. The van der Waals surface area contributed by atoms with Crippen molar-refractivity contribution in [2.75, 3.05) is 13.4 Å². The van der Waals surface area contributed by atoms with Gasteiger partial charge in [0.1, 0.15) is 11.6 Å². The number of hydrogen-bond donors (Lipinski definition) is 1. The number of nitrogens with zero attached hydrogens (tertiary/aromatic N) is 3. The maximum atomic E-state index is 12.2. The van der Waals surface area contributed by atoms with E-state index in [1.807, 2.05) is 18.2 Å². The quantitative estimate of drug-likeness (QED) is 0.823. The molecule has 1 N–H and O–H groups in total. The fourth-order valence-corrected chi connectivity index (χ4v) is 2.62. The van der Waals surface area contributed by atoms with Gasteiger partial charge in [-0.05, 0) is 37.1 Å². The monoisotopic (exact) mass is 357 g/mol. The Morgan fingerprint density at radius 1 is 1.38 bits per heavy atom. The summed E-state index contributed by atoms with van der Waals surface area (Å²) in [5.41, 5.74) is 1.56. The molecule has 2 heterocycles. The SMILES string of the molecule is Cc1nn(C[C@H](O)COCc2ccc3c(c2)OCO3)c(=O)c(C#N)c1C. The molecule has 1 aliphatic heterocycles. The number of aryl methyl sites for hydroxylation is 1. The van der Waals surface area contributed by atoms with Crippen molar-refractivity contribution in [2.24, 2.45) is 0 Å². The fourth-order valence-electron chi connectivity index (χ4n) is 2.62. The Morgan fingerprint density at radius 2 is 2.15 bits per heavy atom. The largest absolute Gasteiger partial charge is 0.454 e. The molecule has 26 heavy (non-hydrogen) atoms. The minimum Gasteiger partial charge on any atom is -0.454 e. The summed E-state index contributed by atoms with van der Waals surface area (Å²) in [6.45, 7) is 3.87. The van der Waals surface area contributed by atoms with Gasteiger partial charge in [0.25, 0.3) is 5.56 Å². The first kappa shape index (κ1) is 17.9. The maximum absolute atomic E-state index is 12.2. The molecule has 0 radical (unpaired) electrons. The molecule has 0 saturated heterocycles. The minimum absolute atomic E-state index is 0.0252. The number of rotatable bonds is 6. The Kier molecular flexibility index (Phi) is 5.21. The first-order valence-electron chi connectivity index (χ1n) is 8.12. The molecule has 0 bridgehead atoms. The van der Waals surface area contributed by atoms with E-state index in [0.29, 0.717) is 22.8 Å².